The van der Waals surface area contributed by atoms with Crippen molar-refractivity contribution >= 4 is 12.1 Å². The smallest absolute Gasteiger partial charge is 0.227 e. The minimum Gasteiger partial charge on any atom is -0.342 e. The van der Waals surface area contributed by atoms with E-state index in [-0.39, 0.29) is 12.3 Å². The van der Waals surface area contributed by atoms with Gasteiger partial charge in [-0.1, -0.05) is 6.92 Å². The number of amides is 1. The number of hydrogen-bond donors (Lipinski definition) is 1. The summed E-state index contributed by atoms with van der Waals surface area (Å²) in [7, 11) is 0. The van der Waals surface area contributed by atoms with Crippen LogP contribution in [0.5, 0.6) is 0 Å². The summed E-state index contributed by atoms with van der Waals surface area (Å²) in [4.78, 5) is 13.1. The molecule has 0 spiro atoms. The van der Waals surface area contributed by atoms with Gasteiger partial charge in [-0.15, -0.1) is 0 Å². The summed E-state index contributed by atoms with van der Waals surface area (Å²) in [5, 5.41) is 6.82. The Morgan fingerprint density at radius 1 is 1.58 bits per heavy atom. The predicted octanol–water partition coefficient (Wildman–Crippen LogP) is 1.28. The fourth-order valence-electron chi connectivity index (χ4n) is 1.47. The molecular formula is C9H16N2O. The summed E-state index contributed by atoms with van der Waals surface area (Å²) >= 11 is 0. The highest BCUT2D eigenvalue weighted by atomic mass is 16.2. The fraction of sp³-hybridized carbons (Fsp3) is 0.778. The van der Waals surface area contributed by atoms with Crippen LogP contribution < -0.4 is 0 Å². The van der Waals surface area contributed by atoms with Crippen molar-refractivity contribution in [1.82, 2.24) is 4.90 Å². The zero-order valence-corrected chi connectivity index (χ0v) is 7.55. The summed E-state index contributed by atoms with van der Waals surface area (Å²) in [6, 6.07) is 0. The Hall–Kier alpha value is -0.860. The fourth-order valence-corrected chi connectivity index (χ4v) is 1.47. The normalized spacial score (nSPS) is 19.2. The molecule has 0 unspecified atom stereocenters. The van der Waals surface area contributed by atoms with Crippen LogP contribution in [-0.2, 0) is 4.79 Å². The lowest BCUT2D eigenvalue weighted by atomic mass is 9.99. The topological polar surface area (TPSA) is 44.2 Å². The zero-order chi connectivity index (χ0) is 8.97. The number of nitrogens with one attached hydrogen (secondary N) is 1. The van der Waals surface area contributed by atoms with Crippen LogP contribution in [0.25, 0.3) is 0 Å². The van der Waals surface area contributed by atoms with E-state index in [1.54, 1.807) is 0 Å². The molecule has 1 saturated heterocycles. The van der Waals surface area contributed by atoms with E-state index < -0.39 is 0 Å². The number of carbonyl (C=O) groups is 1. The second-order valence-corrected chi connectivity index (χ2v) is 3.47. The van der Waals surface area contributed by atoms with E-state index in [0.29, 0.717) is 0 Å². The van der Waals surface area contributed by atoms with Gasteiger partial charge in [0.15, 0.2) is 0 Å². The van der Waals surface area contributed by atoms with Crippen molar-refractivity contribution in [3.63, 3.8) is 0 Å². The van der Waals surface area contributed by atoms with Crippen LogP contribution in [0.3, 0.4) is 0 Å². The first-order valence-corrected chi connectivity index (χ1v) is 4.50. The molecule has 0 aromatic rings. The molecule has 0 bridgehead atoms. The number of nitrogens with zero attached hydrogens (tertiary/aromatic N) is 1. The largest absolute Gasteiger partial charge is 0.342 e. The molecule has 1 aliphatic heterocycles. The third-order valence-electron chi connectivity index (χ3n) is 2.41. The average Bonchev–Trinajstić information content (AvgIpc) is 2.06. The molecule has 3 heteroatoms. The molecular weight excluding hydrogens is 152 g/mol. The molecule has 1 N–H and O–H groups in total. The zero-order valence-electron chi connectivity index (χ0n) is 7.55. The maximum atomic E-state index is 11.3. The lowest BCUT2D eigenvalue weighted by Crippen LogP contribution is -2.37. The molecule has 1 fully saturated rings. The first kappa shape index (κ1) is 9.23. The molecule has 0 radical (unpaired) electrons. The second kappa shape index (κ2) is 4.24. The van der Waals surface area contributed by atoms with Gasteiger partial charge >= 0.3 is 0 Å². The van der Waals surface area contributed by atoms with Crippen LogP contribution in [0.15, 0.2) is 0 Å². The molecule has 1 heterocycles. The highest BCUT2D eigenvalue weighted by Crippen LogP contribution is 2.16. The van der Waals surface area contributed by atoms with Crippen molar-refractivity contribution in [3.05, 3.63) is 0 Å². The molecule has 0 atom stereocenters. The molecule has 0 aromatic heterocycles. The maximum absolute atomic E-state index is 11.3. The van der Waals surface area contributed by atoms with Crippen LogP contribution in [0, 0.1) is 11.3 Å². The second-order valence-electron chi connectivity index (χ2n) is 3.47. The van der Waals surface area contributed by atoms with E-state index in [2.05, 4.69) is 6.92 Å². The summed E-state index contributed by atoms with van der Waals surface area (Å²) in [6.45, 7) is 3.99. The summed E-state index contributed by atoms with van der Waals surface area (Å²) in [5.74, 6) is 0.867. The standard InChI is InChI=1S/C9H16N2O/c1-8-3-6-11(7-4-8)9(12)2-5-10/h5,8,10H,2-4,6-7H2,1H3. The van der Waals surface area contributed by atoms with E-state index in [1.165, 1.54) is 6.21 Å². The van der Waals surface area contributed by atoms with Crippen molar-refractivity contribution in [2.75, 3.05) is 13.1 Å². The van der Waals surface area contributed by atoms with Crippen molar-refractivity contribution in [1.29, 1.82) is 5.41 Å². The van der Waals surface area contributed by atoms with Crippen molar-refractivity contribution < 1.29 is 4.79 Å². The van der Waals surface area contributed by atoms with Crippen LogP contribution in [0.1, 0.15) is 26.2 Å². The van der Waals surface area contributed by atoms with Gasteiger partial charge < -0.3 is 10.3 Å². The van der Waals surface area contributed by atoms with E-state index in [9.17, 15) is 4.79 Å². The monoisotopic (exact) mass is 168 g/mol. The molecule has 0 aromatic carbocycles. The summed E-state index contributed by atoms with van der Waals surface area (Å²) in [5.41, 5.74) is 0. The lowest BCUT2D eigenvalue weighted by molar-refractivity contribution is -0.131. The maximum Gasteiger partial charge on any atom is 0.227 e. The van der Waals surface area contributed by atoms with Gasteiger partial charge in [-0.25, -0.2) is 0 Å². The Morgan fingerprint density at radius 3 is 2.67 bits per heavy atom. The van der Waals surface area contributed by atoms with Crippen LogP contribution in [-0.4, -0.2) is 30.1 Å². The number of likely N-dealkylation sites (tertiary alicyclic amines) is 1. The number of carbonyl (C=O) groups excluding carboxylic acids is 1. The molecule has 1 aliphatic rings. The van der Waals surface area contributed by atoms with Crippen LogP contribution >= 0.6 is 0 Å². The first-order valence-electron chi connectivity index (χ1n) is 4.50. The number of piperidine rings is 1. The van der Waals surface area contributed by atoms with E-state index in [0.717, 1.165) is 31.8 Å². The molecule has 3 nitrogen and oxygen atoms in total. The Morgan fingerprint density at radius 2 is 2.17 bits per heavy atom. The molecule has 1 rings (SSSR count). The first-order chi connectivity index (χ1) is 5.74. The molecule has 0 aliphatic carbocycles. The summed E-state index contributed by atoms with van der Waals surface area (Å²) < 4.78 is 0. The van der Waals surface area contributed by atoms with Gasteiger partial charge in [-0.2, -0.15) is 0 Å². The van der Waals surface area contributed by atoms with E-state index in [4.69, 9.17) is 5.41 Å². The highest BCUT2D eigenvalue weighted by Gasteiger charge is 2.18. The van der Waals surface area contributed by atoms with Crippen molar-refractivity contribution in [2.45, 2.75) is 26.2 Å². The lowest BCUT2D eigenvalue weighted by Gasteiger charge is -2.29. The van der Waals surface area contributed by atoms with Crippen LogP contribution in [0.4, 0.5) is 0 Å². The highest BCUT2D eigenvalue weighted by molar-refractivity contribution is 5.88. The van der Waals surface area contributed by atoms with Gasteiger partial charge in [-0.05, 0) is 18.8 Å². The van der Waals surface area contributed by atoms with Gasteiger partial charge in [0.25, 0.3) is 0 Å². The van der Waals surface area contributed by atoms with Gasteiger partial charge in [0.05, 0.1) is 6.42 Å². The van der Waals surface area contributed by atoms with E-state index >= 15 is 0 Å². The molecule has 12 heavy (non-hydrogen) atoms. The number of hydrogen-bond acceptors (Lipinski definition) is 2. The molecule has 68 valence electrons. The molecule has 0 saturated carbocycles. The Labute approximate surface area is 73.3 Å². The van der Waals surface area contributed by atoms with Crippen LogP contribution in [0.2, 0.25) is 0 Å². The van der Waals surface area contributed by atoms with Gasteiger partial charge in [0.1, 0.15) is 0 Å². The Kier molecular flexibility index (Phi) is 3.26. The predicted molar refractivity (Wildman–Crippen MR) is 48.4 cm³/mol. The Balaban J connectivity index is 2.33. The minimum absolute atomic E-state index is 0.108. The van der Waals surface area contributed by atoms with Gasteiger partial charge in [-0.3, -0.25) is 4.79 Å². The van der Waals surface area contributed by atoms with Gasteiger partial charge in [0, 0.05) is 19.3 Å². The van der Waals surface area contributed by atoms with Crippen molar-refractivity contribution in [2.24, 2.45) is 5.92 Å². The third-order valence-corrected chi connectivity index (χ3v) is 2.41. The average molecular weight is 168 g/mol. The number of rotatable bonds is 2. The molecule has 1 amide bonds. The summed E-state index contributed by atoms with van der Waals surface area (Å²) in [6.07, 6.45) is 3.68. The minimum atomic E-state index is 0.108. The quantitative estimate of drug-likeness (QED) is 0.620. The SMILES string of the molecule is CC1CCN(C(=O)CC=N)CC1. The Bertz CT molecular complexity index is 171. The van der Waals surface area contributed by atoms with Gasteiger partial charge in [0.2, 0.25) is 5.91 Å². The third kappa shape index (κ3) is 2.32. The van der Waals surface area contributed by atoms with Crippen molar-refractivity contribution in [3.8, 4) is 0 Å². The van der Waals surface area contributed by atoms with E-state index in [1.807, 2.05) is 4.90 Å².